The highest BCUT2D eigenvalue weighted by Crippen LogP contribution is 2.39. The third kappa shape index (κ3) is 6.04. The molecule has 2 N–H and O–H groups in total. The average molecular weight is 468 g/mol. The number of anilines is 2. The van der Waals surface area contributed by atoms with Gasteiger partial charge in [0.05, 0.1) is 19.1 Å². The predicted molar refractivity (Wildman–Crippen MR) is 135 cm³/mol. The molecule has 1 heterocycles. The Labute approximate surface area is 195 Å². The molecule has 1 aliphatic heterocycles. The third-order valence-electron chi connectivity index (χ3n) is 4.97. The minimum absolute atomic E-state index is 0.234. The van der Waals surface area contributed by atoms with E-state index in [9.17, 15) is 13.2 Å². The van der Waals surface area contributed by atoms with Crippen molar-refractivity contribution in [3.8, 4) is 5.75 Å². The average Bonchev–Trinajstić information content (AvgIpc) is 2.71. The number of methoxy groups -OCH3 is 1. The summed E-state index contributed by atoms with van der Waals surface area (Å²) in [5.41, 5.74) is 4.15. The monoisotopic (exact) mass is 467 g/mol. The minimum Gasteiger partial charge on any atom is -0.496 e. The Balaban J connectivity index is 2.03. The largest absolute Gasteiger partial charge is 0.496 e. The molecule has 0 spiro atoms. The maximum atomic E-state index is 12.5. The molecule has 0 atom stereocenters. The first-order valence-corrected chi connectivity index (χ1v) is 12.2. The van der Waals surface area contributed by atoms with E-state index >= 15 is 0 Å². The zero-order valence-electron chi connectivity index (χ0n) is 19.5. The topological polar surface area (TPSA) is 87.7 Å². The molecule has 2 aromatic rings. The number of benzene rings is 2. The van der Waals surface area contributed by atoms with Crippen molar-refractivity contribution in [3.05, 3.63) is 77.6 Å². The molecule has 174 valence electrons. The smallest absolute Gasteiger partial charge is 0.330 e. The summed E-state index contributed by atoms with van der Waals surface area (Å²) in [4.78, 5) is 14.1. The highest BCUT2D eigenvalue weighted by atomic mass is 32.2. The van der Waals surface area contributed by atoms with Crippen LogP contribution in [0.15, 0.2) is 61.0 Å². The van der Waals surface area contributed by atoms with E-state index in [0.29, 0.717) is 17.1 Å². The van der Waals surface area contributed by atoms with Crippen LogP contribution in [-0.4, -0.2) is 27.8 Å². The number of hydrogen-bond donors (Lipinski definition) is 2. The van der Waals surface area contributed by atoms with Crippen LogP contribution in [-0.2, 0) is 15.4 Å². The number of urea groups is 1. The molecule has 0 unspecified atom stereocenters. The summed E-state index contributed by atoms with van der Waals surface area (Å²) in [6, 6.07) is 10.6. The molecule has 2 amide bonds. The summed E-state index contributed by atoms with van der Waals surface area (Å²) in [5, 5.41) is 2.72. The fourth-order valence-corrected chi connectivity index (χ4v) is 3.98. The summed E-state index contributed by atoms with van der Waals surface area (Å²) in [6.07, 6.45) is 8.37. The highest BCUT2D eigenvalue weighted by Gasteiger charge is 2.25. The van der Waals surface area contributed by atoms with E-state index in [1.165, 1.54) is 4.90 Å². The van der Waals surface area contributed by atoms with E-state index in [1.807, 2.05) is 36.4 Å². The van der Waals surface area contributed by atoms with Crippen molar-refractivity contribution in [3.63, 3.8) is 0 Å². The van der Waals surface area contributed by atoms with Gasteiger partial charge in [0.1, 0.15) is 5.75 Å². The summed E-state index contributed by atoms with van der Waals surface area (Å²) in [7, 11) is -1.70. The van der Waals surface area contributed by atoms with Crippen LogP contribution in [0.1, 0.15) is 37.5 Å². The molecule has 0 aliphatic carbocycles. The Kier molecular flexibility index (Phi) is 6.69. The van der Waals surface area contributed by atoms with E-state index in [1.54, 1.807) is 31.5 Å². The Morgan fingerprint density at radius 3 is 2.33 bits per heavy atom. The number of amides is 2. The minimum atomic E-state index is -3.33. The Hall–Kier alpha value is -3.52. The number of rotatable bonds is 6. The van der Waals surface area contributed by atoms with Gasteiger partial charge in [-0.1, -0.05) is 51.6 Å². The summed E-state index contributed by atoms with van der Waals surface area (Å²) < 4.78 is 31.0. The van der Waals surface area contributed by atoms with Gasteiger partial charge in [-0.3, -0.25) is 9.62 Å². The van der Waals surface area contributed by atoms with Crippen molar-refractivity contribution < 1.29 is 17.9 Å². The first-order chi connectivity index (χ1) is 15.4. The van der Waals surface area contributed by atoms with Crippen molar-refractivity contribution in [2.75, 3.05) is 23.0 Å². The number of nitrogens with one attached hydrogen (secondary N) is 2. The highest BCUT2D eigenvalue weighted by molar-refractivity contribution is 7.92. The van der Waals surface area contributed by atoms with Crippen LogP contribution in [0.25, 0.3) is 12.2 Å². The van der Waals surface area contributed by atoms with E-state index < -0.39 is 10.0 Å². The Morgan fingerprint density at radius 1 is 1.12 bits per heavy atom. The van der Waals surface area contributed by atoms with Gasteiger partial charge in [0, 0.05) is 28.7 Å². The SMILES string of the molecule is C=C1C=CN(c2cc(/C=C/c3ccc(NS(C)(=O)=O)cc3)c(OC)c(C(C)(C)C)c2)C(=O)N1. The van der Waals surface area contributed by atoms with Gasteiger partial charge in [0.2, 0.25) is 10.0 Å². The van der Waals surface area contributed by atoms with Crippen LogP contribution in [0, 0.1) is 0 Å². The number of sulfonamides is 1. The summed E-state index contributed by atoms with van der Waals surface area (Å²) >= 11 is 0. The molecule has 0 saturated heterocycles. The lowest BCUT2D eigenvalue weighted by Crippen LogP contribution is -2.38. The molecule has 3 rings (SSSR count). The molecular weight excluding hydrogens is 438 g/mol. The lowest BCUT2D eigenvalue weighted by Gasteiger charge is -2.28. The van der Waals surface area contributed by atoms with Crippen LogP contribution in [0.2, 0.25) is 0 Å². The first-order valence-electron chi connectivity index (χ1n) is 10.3. The molecule has 0 bridgehead atoms. The molecule has 0 fully saturated rings. The normalized spacial score (nSPS) is 14.5. The molecule has 0 aromatic heterocycles. The second-order valence-corrected chi connectivity index (χ2v) is 10.6. The standard InChI is InChI=1S/C25H29N3O4S/c1-17-13-14-28(24(29)26-17)21-15-19(23(32-5)22(16-21)25(2,3)4)10-7-18-8-11-20(12-9-18)27-33(6,30)31/h7-16,27H,1H2,2-6H3,(H,26,29)/b10-7+. The molecule has 1 aliphatic rings. The van der Waals surface area contributed by atoms with Crippen molar-refractivity contribution >= 4 is 39.6 Å². The fourth-order valence-electron chi connectivity index (χ4n) is 3.42. The van der Waals surface area contributed by atoms with Crippen molar-refractivity contribution in [2.24, 2.45) is 0 Å². The van der Waals surface area contributed by atoms with Crippen molar-refractivity contribution in [1.82, 2.24) is 5.32 Å². The molecule has 7 nitrogen and oxygen atoms in total. The Morgan fingerprint density at radius 2 is 1.79 bits per heavy atom. The quantitative estimate of drug-likeness (QED) is 0.579. The van der Waals surface area contributed by atoms with E-state index in [4.69, 9.17) is 4.74 Å². The first kappa shape index (κ1) is 24.1. The van der Waals surface area contributed by atoms with Crippen LogP contribution < -0.4 is 19.7 Å². The van der Waals surface area contributed by atoms with Gasteiger partial charge >= 0.3 is 6.03 Å². The van der Waals surface area contributed by atoms with Crippen LogP contribution >= 0.6 is 0 Å². The maximum absolute atomic E-state index is 12.5. The van der Waals surface area contributed by atoms with Crippen LogP contribution in [0.5, 0.6) is 5.75 Å². The van der Waals surface area contributed by atoms with E-state index in [-0.39, 0.29) is 11.4 Å². The number of nitrogens with zero attached hydrogens (tertiary/aromatic N) is 1. The zero-order chi connectivity index (χ0) is 24.4. The number of allylic oxidation sites excluding steroid dienone is 1. The molecular formula is C25H29N3O4S. The van der Waals surface area contributed by atoms with Crippen molar-refractivity contribution in [1.29, 1.82) is 0 Å². The Bertz CT molecular complexity index is 1240. The number of carbonyl (C=O) groups excluding carboxylic acids is 1. The molecule has 2 aromatic carbocycles. The van der Waals surface area contributed by atoms with Crippen LogP contribution in [0.3, 0.4) is 0 Å². The van der Waals surface area contributed by atoms with Gasteiger partial charge in [-0.2, -0.15) is 0 Å². The van der Waals surface area contributed by atoms with Crippen molar-refractivity contribution in [2.45, 2.75) is 26.2 Å². The van der Waals surface area contributed by atoms with Gasteiger partial charge in [-0.25, -0.2) is 13.2 Å². The van der Waals surface area contributed by atoms with E-state index in [0.717, 1.165) is 28.7 Å². The lowest BCUT2D eigenvalue weighted by molar-refractivity contribution is 0.250. The maximum Gasteiger partial charge on any atom is 0.330 e. The third-order valence-corrected chi connectivity index (χ3v) is 5.58. The number of carbonyl (C=O) groups is 1. The fraction of sp³-hybridized carbons (Fsp3) is 0.240. The van der Waals surface area contributed by atoms with Gasteiger partial charge in [0.15, 0.2) is 0 Å². The van der Waals surface area contributed by atoms with Gasteiger partial charge < -0.3 is 10.1 Å². The summed E-state index contributed by atoms with van der Waals surface area (Å²) in [6.45, 7) is 10.0. The van der Waals surface area contributed by atoms with Crippen LogP contribution in [0.4, 0.5) is 16.2 Å². The van der Waals surface area contributed by atoms with Gasteiger partial charge in [0.25, 0.3) is 0 Å². The zero-order valence-corrected chi connectivity index (χ0v) is 20.3. The van der Waals surface area contributed by atoms with E-state index in [2.05, 4.69) is 37.4 Å². The molecule has 8 heteroatoms. The molecule has 0 saturated carbocycles. The lowest BCUT2D eigenvalue weighted by atomic mass is 9.84. The predicted octanol–water partition coefficient (Wildman–Crippen LogP) is 5.09. The molecule has 0 radical (unpaired) electrons. The number of ether oxygens (including phenoxy) is 1. The van der Waals surface area contributed by atoms with Gasteiger partial charge in [-0.05, 0) is 41.3 Å². The van der Waals surface area contributed by atoms with Gasteiger partial charge in [-0.15, -0.1) is 0 Å². The second-order valence-electron chi connectivity index (χ2n) is 8.84. The second kappa shape index (κ2) is 9.15. The summed E-state index contributed by atoms with van der Waals surface area (Å²) in [5.74, 6) is 0.726. The number of hydrogen-bond acceptors (Lipinski definition) is 4. The molecule has 33 heavy (non-hydrogen) atoms.